The van der Waals surface area contributed by atoms with Crippen LogP contribution in [0.1, 0.15) is 84.6 Å². The molecule has 5 rings (SSSR count). The van der Waals surface area contributed by atoms with Gasteiger partial charge in [0.25, 0.3) is 0 Å². The van der Waals surface area contributed by atoms with Gasteiger partial charge in [0.05, 0.1) is 22.8 Å². The zero-order chi connectivity index (χ0) is 30.3. The standard InChI is InChI=1S/C34H34N4O4.Rh/c1-7-21-17(3)25-13-26-19(5)23(9-11-33(39)40)31(37-26)16-32-24(10-12-34(41)42)20(6)28(38-32)15-30-22(8-2)18(4)27(36-30)14-29(21)35-25;/h7-8,13-16,35-36H,1-2,9-12H2,3-6H3,(H,39,40)(H,41,42);/q;+3. The average Bonchev–Trinajstić information content (AvgIpc) is 3.59. The molecule has 0 radical (unpaired) electrons. The van der Waals surface area contributed by atoms with Gasteiger partial charge in [-0.15, -0.1) is 0 Å². The third kappa shape index (κ3) is 5.95. The molecule has 8 bridgehead atoms. The number of nitrogens with zero attached hydrogens (tertiary/aromatic N) is 2. The summed E-state index contributed by atoms with van der Waals surface area (Å²) in [5.74, 6) is -1.78. The zero-order valence-electron chi connectivity index (χ0n) is 24.6. The van der Waals surface area contributed by atoms with Gasteiger partial charge in [0.15, 0.2) is 0 Å². The molecule has 9 heteroatoms. The summed E-state index contributed by atoms with van der Waals surface area (Å²) in [5.41, 5.74) is 13.7. The van der Waals surface area contributed by atoms with Gasteiger partial charge in [-0.1, -0.05) is 25.3 Å². The molecule has 0 unspecified atom stereocenters. The molecule has 2 aliphatic rings. The fraction of sp³-hybridized carbons (Fsp3) is 0.235. The number of aromatic nitrogens is 4. The molecule has 220 valence electrons. The quantitative estimate of drug-likeness (QED) is 0.182. The number of fused-ring (bicyclic) bond motifs is 8. The number of nitrogens with one attached hydrogen (secondary N) is 2. The van der Waals surface area contributed by atoms with Crippen molar-refractivity contribution >= 4 is 68.4 Å². The molecule has 4 N–H and O–H groups in total. The number of carboxylic acid groups (broad SMARTS) is 2. The molecule has 0 atom stereocenters. The van der Waals surface area contributed by atoms with Crippen LogP contribution in [0.3, 0.4) is 0 Å². The summed E-state index contributed by atoms with van der Waals surface area (Å²) in [5, 5.41) is 18.9. The maximum absolute atomic E-state index is 11.5. The Kier molecular flexibility index (Phi) is 9.16. The second-order valence-electron chi connectivity index (χ2n) is 10.7. The van der Waals surface area contributed by atoms with Crippen molar-refractivity contribution in [2.75, 3.05) is 0 Å². The number of hydrogen-bond donors (Lipinski definition) is 4. The SMILES string of the molecule is C=Cc1c(C)c2cc3[nH]c(cc4nc(cc5nc(cc1[nH]2)C(C)=C5CCC(=O)O)C(CCC(=O)O)=C4C)c(C)c3C=C.[Rh+3]. The van der Waals surface area contributed by atoms with E-state index in [2.05, 4.69) is 29.2 Å². The molecule has 5 heterocycles. The molecule has 0 saturated heterocycles. The summed E-state index contributed by atoms with van der Waals surface area (Å²) in [6.07, 6.45) is 4.20. The van der Waals surface area contributed by atoms with Crippen LogP contribution in [-0.2, 0) is 29.1 Å². The molecule has 0 aliphatic carbocycles. The molecule has 0 spiro atoms. The molecular weight excluding hydrogens is 631 g/mol. The summed E-state index contributed by atoms with van der Waals surface area (Å²) in [7, 11) is 0. The minimum Gasteiger partial charge on any atom is -0.481 e. The van der Waals surface area contributed by atoms with Crippen LogP contribution < -0.4 is 0 Å². The van der Waals surface area contributed by atoms with Crippen molar-refractivity contribution in [2.24, 2.45) is 0 Å². The van der Waals surface area contributed by atoms with E-state index in [4.69, 9.17) is 9.97 Å². The van der Waals surface area contributed by atoms with Crippen LogP contribution in [0.4, 0.5) is 0 Å². The van der Waals surface area contributed by atoms with Crippen LogP contribution >= 0.6 is 0 Å². The van der Waals surface area contributed by atoms with Crippen LogP contribution in [0.5, 0.6) is 0 Å². The van der Waals surface area contributed by atoms with E-state index in [1.807, 2.05) is 58.0 Å². The van der Waals surface area contributed by atoms with Crippen LogP contribution in [0.15, 0.2) is 37.4 Å². The van der Waals surface area contributed by atoms with Crippen LogP contribution in [0.25, 0.3) is 56.5 Å². The molecule has 0 saturated carbocycles. The van der Waals surface area contributed by atoms with Gasteiger partial charge in [-0.2, -0.15) is 0 Å². The Bertz CT molecular complexity index is 1920. The van der Waals surface area contributed by atoms with Crippen molar-refractivity contribution in [3.05, 3.63) is 82.5 Å². The van der Waals surface area contributed by atoms with Crippen molar-refractivity contribution in [1.29, 1.82) is 0 Å². The number of rotatable bonds is 8. The third-order valence-corrected chi connectivity index (χ3v) is 8.22. The molecule has 0 fully saturated rings. The summed E-state index contributed by atoms with van der Waals surface area (Å²) in [6.45, 7) is 16.1. The van der Waals surface area contributed by atoms with Crippen LogP contribution in [0, 0.1) is 13.8 Å². The number of aliphatic carboxylic acids is 2. The van der Waals surface area contributed by atoms with Gasteiger partial charge in [-0.3, -0.25) is 9.59 Å². The molecule has 43 heavy (non-hydrogen) atoms. The number of H-pyrrole nitrogens is 2. The van der Waals surface area contributed by atoms with E-state index >= 15 is 0 Å². The fourth-order valence-electron chi connectivity index (χ4n) is 5.77. The summed E-state index contributed by atoms with van der Waals surface area (Å²) < 4.78 is 0. The van der Waals surface area contributed by atoms with Gasteiger partial charge in [0.2, 0.25) is 0 Å². The van der Waals surface area contributed by atoms with E-state index in [9.17, 15) is 19.8 Å². The van der Waals surface area contributed by atoms with E-state index < -0.39 is 11.9 Å². The summed E-state index contributed by atoms with van der Waals surface area (Å²) in [6, 6.07) is 7.88. The number of allylic oxidation sites excluding steroid dienone is 4. The first-order valence-corrected chi connectivity index (χ1v) is 13.9. The maximum atomic E-state index is 11.5. The zero-order valence-corrected chi connectivity index (χ0v) is 26.3. The fourth-order valence-corrected chi connectivity index (χ4v) is 5.77. The Morgan fingerprint density at radius 2 is 1.07 bits per heavy atom. The topological polar surface area (TPSA) is 132 Å². The largest absolute Gasteiger partial charge is 3.00 e. The number of carbonyl (C=O) groups is 2. The molecule has 0 amide bonds. The van der Waals surface area contributed by atoms with Crippen LogP contribution in [0.2, 0.25) is 0 Å². The molecular formula is C34H34N4O4Rh+3. The van der Waals surface area contributed by atoms with Crippen molar-refractivity contribution in [1.82, 2.24) is 19.9 Å². The predicted molar refractivity (Wildman–Crippen MR) is 169 cm³/mol. The van der Waals surface area contributed by atoms with Gasteiger partial charge in [-0.05, 0) is 98.2 Å². The number of hydrogen-bond acceptors (Lipinski definition) is 4. The Hall–Kier alpha value is -4.36. The second kappa shape index (κ2) is 12.5. The average molecular weight is 666 g/mol. The monoisotopic (exact) mass is 665 g/mol. The Morgan fingerprint density at radius 1 is 0.674 bits per heavy atom. The van der Waals surface area contributed by atoms with Crippen molar-refractivity contribution in [3.8, 4) is 0 Å². The molecule has 3 aromatic heterocycles. The molecule has 8 nitrogen and oxygen atoms in total. The smallest absolute Gasteiger partial charge is 0.481 e. The van der Waals surface area contributed by atoms with Gasteiger partial charge in [-0.25, -0.2) is 9.97 Å². The molecule has 0 aromatic carbocycles. The number of aryl methyl sites for hydroxylation is 2. The van der Waals surface area contributed by atoms with Gasteiger partial charge in [0.1, 0.15) is 0 Å². The molecule has 3 aromatic rings. The number of carboxylic acids is 2. The van der Waals surface area contributed by atoms with E-state index in [-0.39, 0.29) is 32.3 Å². The number of aromatic amines is 2. The van der Waals surface area contributed by atoms with E-state index in [0.29, 0.717) is 24.2 Å². The Balaban J connectivity index is 0.00000423. The summed E-state index contributed by atoms with van der Waals surface area (Å²) >= 11 is 0. The van der Waals surface area contributed by atoms with Crippen molar-refractivity contribution in [3.63, 3.8) is 0 Å². The maximum Gasteiger partial charge on any atom is 3.00 e. The minimum atomic E-state index is -0.889. The first-order valence-electron chi connectivity index (χ1n) is 13.9. The van der Waals surface area contributed by atoms with E-state index in [1.54, 1.807) is 0 Å². The Labute approximate surface area is 262 Å². The first kappa shape index (κ1) is 31.6. The molecule has 2 aliphatic heterocycles. The van der Waals surface area contributed by atoms with Gasteiger partial charge >= 0.3 is 31.4 Å². The predicted octanol–water partition coefficient (Wildman–Crippen LogP) is 7.81. The third-order valence-electron chi connectivity index (χ3n) is 8.22. The minimum absolute atomic E-state index is 0. The van der Waals surface area contributed by atoms with Crippen molar-refractivity contribution < 1.29 is 39.3 Å². The van der Waals surface area contributed by atoms with E-state index in [1.165, 1.54) is 0 Å². The Morgan fingerprint density at radius 3 is 1.49 bits per heavy atom. The van der Waals surface area contributed by atoms with Crippen molar-refractivity contribution in [2.45, 2.75) is 53.4 Å². The van der Waals surface area contributed by atoms with Gasteiger partial charge in [0, 0.05) is 46.0 Å². The van der Waals surface area contributed by atoms with Crippen LogP contribution in [-0.4, -0.2) is 42.1 Å². The van der Waals surface area contributed by atoms with Gasteiger partial charge < -0.3 is 20.2 Å². The second-order valence-corrected chi connectivity index (χ2v) is 10.7. The summed E-state index contributed by atoms with van der Waals surface area (Å²) in [4.78, 5) is 40.0. The normalized spacial score (nSPS) is 12.7. The first-order chi connectivity index (χ1) is 20.0. The van der Waals surface area contributed by atoms with E-state index in [0.717, 1.165) is 78.0 Å².